The summed E-state index contributed by atoms with van der Waals surface area (Å²) in [6.07, 6.45) is -21.2. The van der Waals surface area contributed by atoms with Crippen molar-refractivity contribution < 1.29 is 212 Å². The Hall–Kier alpha value is -2.26. The van der Waals surface area contributed by atoms with E-state index in [0.717, 1.165) is 0 Å². The van der Waals surface area contributed by atoms with E-state index in [1.54, 1.807) is 0 Å². The van der Waals surface area contributed by atoms with Crippen LogP contribution < -0.4 is 15.3 Å². The summed E-state index contributed by atoms with van der Waals surface area (Å²) in [6, 6.07) is -9.49. The van der Waals surface area contributed by atoms with Gasteiger partial charge in [0.1, 0.15) is 0 Å². The molecule has 0 atom stereocenters. The second-order valence-electron chi connectivity index (χ2n) is 9.54. The number of alkyl halides is 21. The number of halogens is 21. The van der Waals surface area contributed by atoms with Gasteiger partial charge in [-0.05, 0) is 34.4 Å². The van der Waals surface area contributed by atoms with Gasteiger partial charge in [0.15, 0.2) is 0 Å². The molecule has 0 N–H and O–H groups in total. The summed E-state index contributed by atoms with van der Waals surface area (Å²) in [7, 11) is 0. The zero-order chi connectivity index (χ0) is 72.7. The maximum atomic E-state index is 13.4. The van der Waals surface area contributed by atoms with Gasteiger partial charge in [0, 0.05) is 37.0 Å². The molecule has 0 aliphatic heterocycles. The Bertz CT molecular complexity index is 2240. The van der Waals surface area contributed by atoms with Crippen molar-refractivity contribution >= 4 is 17.3 Å². The molecule has 0 rings (SSSR count). The van der Waals surface area contributed by atoms with E-state index in [1.807, 2.05) is 0 Å². The van der Waals surface area contributed by atoms with Gasteiger partial charge in [-0.2, -0.15) is 92.2 Å². The van der Waals surface area contributed by atoms with Gasteiger partial charge in [-0.25, -0.2) is 0 Å². The van der Waals surface area contributed by atoms with Gasteiger partial charge in [-0.1, -0.05) is 61.7 Å². The third-order valence-electron chi connectivity index (χ3n) is 4.81. The first-order valence-electron chi connectivity index (χ1n) is 26.9. The van der Waals surface area contributed by atoms with E-state index in [1.165, 1.54) is 0 Å². The minimum absolute atomic E-state index is 0. The second kappa shape index (κ2) is 19.2. The molecule has 0 radical (unpaired) electrons. The normalized spacial score (nSPS) is 25.4. The fourth-order valence-electron chi connectivity index (χ4n) is 1.79. The van der Waals surface area contributed by atoms with Crippen LogP contribution in [0.15, 0.2) is 35.4 Å². The number of allylic oxidation sites excluding steroid dienone is 6. The largest absolute Gasteiger partial charge is 3.00 e. The molecule has 0 aliphatic rings. The third kappa shape index (κ3) is 15.0. The molecular weight excluding hydrogens is 1010 g/mol. The van der Waals surface area contributed by atoms with Crippen LogP contribution in [0.3, 0.4) is 0 Å². The van der Waals surface area contributed by atoms with Crippen LogP contribution in [0, 0.1) is 65.6 Å². The molecular formula is C30H30EuF21O6. The van der Waals surface area contributed by atoms with Crippen LogP contribution in [0.1, 0.15) is 103 Å². The first-order valence-corrected chi connectivity index (χ1v) is 11.9. The Labute approximate surface area is 397 Å². The smallest absolute Gasteiger partial charge is 0.875 e. The third-order valence-corrected chi connectivity index (χ3v) is 4.81. The molecule has 0 spiro atoms. The van der Waals surface area contributed by atoms with Crippen molar-refractivity contribution in [1.82, 2.24) is 0 Å². The molecule has 0 amide bonds. The molecule has 340 valence electrons. The van der Waals surface area contributed by atoms with Crippen molar-refractivity contribution in [3.63, 3.8) is 0 Å². The summed E-state index contributed by atoms with van der Waals surface area (Å²) < 4.78 is 479. The number of carbonyl (C=O) groups excluding carboxylic acids is 3. The molecule has 0 fully saturated rings. The van der Waals surface area contributed by atoms with Crippen LogP contribution in [0.5, 0.6) is 0 Å². The van der Waals surface area contributed by atoms with Gasteiger partial charge in [0.25, 0.3) is 0 Å². The topological polar surface area (TPSA) is 120 Å². The molecule has 0 aromatic rings. The van der Waals surface area contributed by atoms with Crippen molar-refractivity contribution in [2.75, 3.05) is 0 Å². The standard InChI is InChI=1S/3C10H11F7O2.Eu/c3*1-7(2,3)5(18)4-6(19)8(11,12)9(13,14)10(15,16)17;/h3*4,18H,1-3H3;/q;;;+3/p-3/b3*5-4-;/i3*1D3,2D3,3D3,4D;. The first kappa shape index (κ1) is 25.0. The molecule has 58 heavy (non-hydrogen) atoms. The number of ketones is 3. The molecule has 6 nitrogen and oxygen atoms in total. The second-order valence-corrected chi connectivity index (χ2v) is 9.54. The van der Waals surface area contributed by atoms with E-state index in [-0.39, 0.29) is 49.4 Å². The molecule has 0 unspecified atom stereocenters. The molecule has 0 bridgehead atoms. The number of rotatable bonds is 9. The van der Waals surface area contributed by atoms with Crippen LogP contribution in [0.4, 0.5) is 92.2 Å². The van der Waals surface area contributed by atoms with Gasteiger partial charge in [-0.3, -0.25) is 14.4 Å². The average Bonchev–Trinajstić information content (AvgIpc) is 3.19. The molecule has 0 saturated heterocycles. The van der Waals surface area contributed by atoms with Crippen molar-refractivity contribution in [1.29, 1.82) is 0 Å². The molecule has 0 aromatic carbocycles. The summed E-state index contributed by atoms with van der Waals surface area (Å²) in [4.78, 5) is 34.2. The van der Waals surface area contributed by atoms with Crippen molar-refractivity contribution in [2.24, 2.45) is 16.2 Å². The predicted molar refractivity (Wildman–Crippen MR) is 145 cm³/mol. The first-order chi connectivity index (χ1) is 36.7. The van der Waals surface area contributed by atoms with Crippen LogP contribution >= 0.6 is 0 Å². The minimum atomic E-state index is -7.16. The number of carbonyl (C=O) groups is 3. The van der Waals surface area contributed by atoms with Gasteiger partial charge < -0.3 is 15.3 Å². The maximum absolute atomic E-state index is 13.4. The van der Waals surface area contributed by atoms with Gasteiger partial charge in [0.05, 0.1) is 4.11 Å². The summed E-state index contributed by atoms with van der Waals surface area (Å²) in [5, 5.41) is 36.6. The fourth-order valence-corrected chi connectivity index (χ4v) is 1.79. The minimum Gasteiger partial charge on any atom is -0.875 e. The number of hydrogen-bond donors (Lipinski definition) is 0. The van der Waals surface area contributed by atoms with E-state index in [0.29, 0.717) is 0 Å². The van der Waals surface area contributed by atoms with Crippen LogP contribution in [-0.4, -0.2) is 71.4 Å². The van der Waals surface area contributed by atoms with Gasteiger partial charge in [-0.15, -0.1) is 17.3 Å². The Morgan fingerprint density at radius 2 is 0.517 bits per heavy atom. The van der Waals surface area contributed by atoms with E-state index < -0.39 is 185 Å². The quantitative estimate of drug-likeness (QED) is 0.131. The maximum Gasteiger partial charge on any atom is 3.00 e. The van der Waals surface area contributed by atoms with E-state index >= 15 is 0 Å². The van der Waals surface area contributed by atoms with Crippen molar-refractivity contribution in [2.45, 2.75) is 116 Å². The van der Waals surface area contributed by atoms with Crippen LogP contribution in [0.2, 0.25) is 0 Å². The van der Waals surface area contributed by atoms with Crippen LogP contribution in [0.25, 0.3) is 0 Å². The Morgan fingerprint density at radius 3 is 0.621 bits per heavy atom. The Balaban J connectivity index is -0.000000598. The Morgan fingerprint density at radius 1 is 0.379 bits per heavy atom. The van der Waals surface area contributed by atoms with Crippen molar-refractivity contribution in [3.05, 3.63) is 35.4 Å². The van der Waals surface area contributed by atoms with E-state index in [2.05, 4.69) is 0 Å². The van der Waals surface area contributed by atoms with Gasteiger partial charge in [0.2, 0.25) is 17.3 Å². The average molecular weight is 1070 g/mol. The zero-order valence-corrected chi connectivity index (χ0v) is 28.2. The summed E-state index contributed by atoms with van der Waals surface area (Å²) >= 11 is 0. The monoisotopic (exact) mass is 1070 g/mol. The molecule has 0 aromatic heterocycles. The van der Waals surface area contributed by atoms with E-state index in [9.17, 15) is 122 Å². The molecule has 0 saturated carbocycles. The number of hydrogen-bond acceptors (Lipinski definition) is 6. The summed E-state index contributed by atoms with van der Waals surface area (Å²) in [6.45, 7) is -40.2. The molecule has 28 heteroatoms. The molecule has 0 heterocycles. The summed E-state index contributed by atoms with van der Waals surface area (Å²) in [5.41, 5.74) is -14.2. The van der Waals surface area contributed by atoms with Crippen molar-refractivity contribution in [3.8, 4) is 0 Å². The Kier molecular flexibility index (Phi) is 8.28. The van der Waals surface area contributed by atoms with Gasteiger partial charge >= 0.3 is 103 Å². The van der Waals surface area contributed by atoms with E-state index in [4.69, 9.17) is 41.1 Å². The van der Waals surface area contributed by atoms with Crippen LogP contribution in [-0.2, 0) is 14.4 Å². The summed E-state index contributed by atoms with van der Waals surface area (Å²) in [5.74, 6) is -63.4. The SMILES string of the molecule is [2H]/C(C(=O)C(F)(F)C(F)(F)C(F)(F)F)=C(/[O-])C(C([2H])([2H])[2H])(C([2H])([2H])[2H])C([2H])([2H])[2H].[2H]/C(C(=O)C(F)(F)C(F)(F)C(F)(F)F)=C(/[O-])C(C([2H])([2H])[2H])(C([2H])([2H])[2H])C([2H])([2H])[2H].[2H]/C(C(=O)C(F)(F)C(F)(F)C(F)(F)F)=C(/[O-])C(C([2H])([2H])[2H])(C([2H])([2H])[2H])C([2H])([2H])[2H].[Eu+3]. The molecule has 0 aliphatic carbocycles. The predicted octanol–water partition coefficient (Wildman–Crippen LogP) is 8.04. The fraction of sp³-hybridized carbons (Fsp3) is 0.700. The zero-order valence-electron chi connectivity index (χ0n) is 55.8.